The number of aromatic nitrogens is 2. The molecule has 0 aliphatic carbocycles. The molecule has 1 aromatic carbocycles. The van der Waals surface area contributed by atoms with Crippen LogP contribution < -0.4 is 5.32 Å². The standard InChI is InChI=1S/C14H19N3/c1-11-5-4-6-12(2)14(11)10-15-9-13-7-8-17(3)16-13/h4-8,15H,9-10H2,1-3H3. The van der Waals surface area contributed by atoms with Crippen LogP contribution in [-0.2, 0) is 20.1 Å². The first-order valence-electron chi connectivity index (χ1n) is 5.91. The number of hydrogen-bond donors (Lipinski definition) is 1. The minimum Gasteiger partial charge on any atom is -0.307 e. The predicted molar refractivity (Wildman–Crippen MR) is 69.7 cm³/mol. The summed E-state index contributed by atoms with van der Waals surface area (Å²) < 4.78 is 1.83. The van der Waals surface area contributed by atoms with Crippen molar-refractivity contribution in [3.63, 3.8) is 0 Å². The molecule has 1 N–H and O–H groups in total. The Bertz CT molecular complexity index is 480. The van der Waals surface area contributed by atoms with Crippen molar-refractivity contribution in [1.29, 1.82) is 0 Å². The van der Waals surface area contributed by atoms with E-state index in [0.29, 0.717) is 0 Å². The molecule has 0 saturated carbocycles. The van der Waals surface area contributed by atoms with E-state index in [0.717, 1.165) is 18.8 Å². The van der Waals surface area contributed by atoms with Crippen molar-refractivity contribution in [2.24, 2.45) is 7.05 Å². The number of rotatable bonds is 4. The Balaban J connectivity index is 1.94. The van der Waals surface area contributed by atoms with Crippen LogP contribution in [-0.4, -0.2) is 9.78 Å². The molecule has 0 aliphatic rings. The smallest absolute Gasteiger partial charge is 0.0762 e. The Hall–Kier alpha value is -1.61. The van der Waals surface area contributed by atoms with Gasteiger partial charge < -0.3 is 5.32 Å². The lowest BCUT2D eigenvalue weighted by molar-refractivity contribution is 0.653. The van der Waals surface area contributed by atoms with E-state index >= 15 is 0 Å². The molecule has 1 heterocycles. The maximum atomic E-state index is 4.34. The van der Waals surface area contributed by atoms with Crippen LogP contribution in [0.5, 0.6) is 0 Å². The Morgan fingerprint density at radius 1 is 1.12 bits per heavy atom. The summed E-state index contributed by atoms with van der Waals surface area (Å²) in [7, 11) is 1.94. The van der Waals surface area contributed by atoms with Crippen LogP contribution in [0, 0.1) is 13.8 Å². The van der Waals surface area contributed by atoms with Crippen molar-refractivity contribution in [3.8, 4) is 0 Å². The van der Waals surface area contributed by atoms with Gasteiger partial charge in [-0.05, 0) is 36.6 Å². The maximum Gasteiger partial charge on any atom is 0.0762 e. The van der Waals surface area contributed by atoms with Crippen molar-refractivity contribution >= 4 is 0 Å². The van der Waals surface area contributed by atoms with Crippen molar-refractivity contribution in [1.82, 2.24) is 15.1 Å². The number of benzene rings is 1. The van der Waals surface area contributed by atoms with E-state index in [1.807, 2.05) is 24.0 Å². The third-order valence-corrected chi connectivity index (χ3v) is 3.02. The van der Waals surface area contributed by atoms with E-state index in [1.54, 1.807) is 0 Å². The lowest BCUT2D eigenvalue weighted by Gasteiger charge is -2.10. The molecule has 0 spiro atoms. The molecular formula is C14H19N3. The highest BCUT2D eigenvalue weighted by atomic mass is 15.3. The first-order valence-corrected chi connectivity index (χ1v) is 5.91. The summed E-state index contributed by atoms with van der Waals surface area (Å²) in [5.41, 5.74) is 5.17. The highest BCUT2D eigenvalue weighted by Gasteiger charge is 2.02. The quantitative estimate of drug-likeness (QED) is 0.872. The molecule has 0 aliphatic heterocycles. The minimum absolute atomic E-state index is 0.814. The van der Waals surface area contributed by atoms with E-state index in [1.165, 1.54) is 16.7 Å². The van der Waals surface area contributed by atoms with Gasteiger partial charge in [0.2, 0.25) is 0 Å². The van der Waals surface area contributed by atoms with Gasteiger partial charge in [0.1, 0.15) is 0 Å². The van der Waals surface area contributed by atoms with Crippen molar-refractivity contribution in [3.05, 3.63) is 52.8 Å². The van der Waals surface area contributed by atoms with Crippen LogP contribution in [0.15, 0.2) is 30.5 Å². The number of nitrogens with zero attached hydrogens (tertiary/aromatic N) is 2. The molecule has 17 heavy (non-hydrogen) atoms. The van der Waals surface area contributed by atoms with E-state index in [9.17, 15) is 0 Å². The van der Waals surface area contributed by atoms with Gasteiger partial charge >= 0.3 is 0 Å². The zero-order chi connectivity index (χ0) is 12.3. The van der Waals surface area contributed by atoms with Crippen LogP contribution in [0.3, 0.4) is 0 Å². The molecule has 0 atom stereocenters. The highest BCUT2D eigenvalue weighted by molar-refractivity contribution is 5.33. The molecule has 0 bridgehead atoms. The third kappa shape index (κ3) is 2.94. The Labute approximate surface area is 102 Å². The Morgan fingerprint density at radius 3 is 2.41 bits per heavy atom. The molecule has 3 heteroatoms. The molecule has 0 amide bonds. The average molecular weight is 229 g/mol. The monoisotopic (exact) mass is 229 g/mol. The largest absolute Gasteiger partial charge is 0.307 e. The van der Waals surface area contributed by atoms with Crippen LogP contribution in [0.1, 0.15) is 22.4 Å². The van der Waals surface area contributed by atoms with Gasteiger partial charge in [0.15, 0.2) is 0 Å². The zero-order valence-corrected chi connectivity index (χ0v) is 10.7. The molecule has 1 aromatic heterocycles. The second-order valence-corrected chi connectivity index (χ2v) is 4.45. The van der Waals surface area contributed by atoms with E-state index in [2.05, 4.69) is 42.5 Å². The van der Waals surface area contributed by atoms with E-state index < -0.39 is 0 Å². The number of nitrogens with one attached hydrogen (secondary N) is 1. The summed E-state index contributed by atoms with van der Waals surface area (Å²) in [6.07, 6.45) is 1.97. The second-order valence-electron chi connectivity index (χ2n) is 4.45. The fourth-order valence-corrected chi connectivity index (χ4v) is 2.00. The van der Waals surface area contributed by atoms with Crippen LogP contribution in [0.4, 0.5) is 0 Å². The Morgan fingerprint density at radius 2 is 1.82 bits per heavy atom. The van der Waals surface area contributed by atoms with Gasteiger partial charge in [0.05, 0.1) is 5.69 Å². The SMILES string of the molecule is Cc1cccc(C)c1CNCc1ccn(C)n1. The fraction of sp³-hybridized carbons (Fsp3) is 0.357. The molecule has 90 valence electrons. The lowest BCUT2D eigenvalue weighted by atomic mass is 10.0. The summed E-state index contributed by atoms with van der Waals surface area (Å²) in [6.45, 7) is 6.03. The maximum absolute atomic E-state index is 4.34. The van der Waals surface area contributed by atoms with Gasteiger partial charge in [0, 0.05) is 26.3 Å². The minimum atomic E-state index is 0.814. The topological polar surface area (TPSA) is 29.9 Å². The summed E-state index contributed by atoms with van der Waals surface area (Å²) >= 11 is 0. The molecule has 3 nitrogen and oxygen atoms in total. The van der Waals surface area contributed by atoms with Crippen molar-refractivity contribution in [2.75, 3.05) is 0 Å². The van der Waals surface area contributed by atoms with Gasteiger partial charge in [-0.3, -0.25) is 4.68 Å². The van der Waals surface area contributed by atoms with Gasteiger partial charge in [-0.1, -0.05) is 18.2 Å². The third-order valence-electron chi connectivity index (χ3n) is 3.02. The first-order chi connectivity index (χ1) is 8.16. The average Bonchev–Trinajstić information content (AvgIpc) is 2.69. The van der Waals surface area contributed by atoms with E-state index in [4.69, 9.17) is 0 Å². The normalized spacial score (nSPS) is 10.8. The number of hydrogen-bond acceptors (Lipinski definition) is 2. The first kappa shape index (κ1) is 11.9. The van der Waals surface area contributed by atoms with Crippen LogP contribution in [0.25, 0.3) is 0 Å². The molecule has 0 radical (unpaired) electrons. The summed E-state index contributed by atoms with van der Waals surface area (Å²) in [4.78, 5) is 0. The zero-order valence-electron chi connectivity index (χ0n) is 10.7. The number of aryl methyl sites for hydroxylation is 3. The summed E-state index contributed by atoms with van der Waals surface area (Å²) in [6, 6.07) is 8.46. The van der Waals surface area contributed by atoms with Gasteiger partial charge in [0.25, 0.3) is 0 Å². The fourth-order valence-electron chi connectivity index (χ4n) is 2.00. The summed E-state index contributed by atoms with van der Waals surface area (Å²) in [5, 5.41) is 7.78. The lowest BCUT2D eigenvalue weighted by Crippen LogP contribution is -2.15. The van der Waals surface area contributed by atoms with Crippen molar-refractivity contribution < 1.29 is 0 Å². The highest BCUT2D eigenvalue weighted by Crippen LogP contribution is 2.12. The van der Waals surface area contributed by atoms with Crippen LogP contribution in [0.2, 0.25) is 0 Å². The molecule has 0 fully saturated rings. The molecule has 0 unspecified atom stereocenters. The Kier molecular flexibility index (Phi) is 3.59. The molecule has 0 saturated heterocycles. The molecule has 2 aromatic rings. The molecular weight excluding hydrogens is 210 g/mol. The predicted octanol–water partition coefficient (Wildman–Crippen LogP) is 2.33. The summed E-state index contributed by atoms with van der Waals surface area (Å²) in [5.74, 6) is 0. The second kappa shape index (κ2) is 5.15. The van der Waals surface area contributed by atoms with Crippen molar-refractivity contribution in [2.45, 2.75) is 26.9 Å². The molecule has 2 rings (SSSR count). The van der Waals surface area contributed by atoms with Crippen LogP contribution >= 0.6 is 0 Å². The van der Waals surface area contributed by atoms with Gasteiger partial charge in [-0.15, -0.1) is 0 Å². The van der Waals surface area contributed by atoms with Gasteiger partial charge in [-0.2, -0.15) is 5.10 Å². The van der Waals surface area contributed by atoms with Gasteiger partial charge in [-0.25, -0.2) is 0 Å². The van der Waals surface area contributed by atoms with E-state index in [-0.39, 0.29) is 0 Å².